The molecule has 1 unspecified atom stereocenters. The Morgan fingerprint density at radius 2 is 1.91 bits per heavy atom. The van der Waals surface area contributed by atoms with Crippen LogP contribution >= 0.6 is 0 Å². The third kappa shape index (κ3) is 4.85. The molecule has 2 atom stereocenters. The van der Waals surface area contributed by atoms with E-state index in [2.05, 4.69) is 40.2 Å². The number of piperazine rings is 1. The van der Waals surface area contributed by atoms with Gasteiger partial charge >= 0.3 is 0 Å². The van der Waals surface area contributed by atoms with E-state index in [0.29, 0.717) is 18.9 Å². The van der Waals surface area contributed by atoms with E-state index in [1.807, 2.05) is 11.7 Å². The lowest BCUT2D eigenvalue weighted by Gasteiger charge is -2.41. The summed E-state index contributed by atoms with van der Waals surface area (Å²) >= 11 is 0. The van der Waals surface area contributed by atoms with Gasteiger partial charge in [0.2, 0.25) is 11.8 Å². The number of aromatic nitrogens is 2. The fourth-order valence-corrected chi connectivity index (χ4v) is 6.36. The molecule has 7 heteroatoms. The molecule has 0 bridgehead atoms. The van der Waals surface area contributed by atoms with Crippen molar-refractivity contribution in [3.63, 3.8) is 0 Å². The second-order valence-electron chi connectivity index (χ2n) is 10.7. The molecule has 2 aliphatic heterocycles. The molecule has 1 N–H and O–H groups in total. The molecule has 1 aliphatic carbocycles. The van der Waals surface area contributed by atoms with Crippen LogP contribution in [0, 0.1) is 5.92 Å². The predicted molar refractivity (Wildman–Crippen MR) is 135 cm³/mol. The van der Waals surface area contributed by atoms with E-state index in [1.165, 1.54) is 57.2 Å². The lowest BCUT2D eigenvalue weighted by Crippen LogP contribution is -2.52. The number of nitrogens with one attached hydrogen (secondary N) is 1. The van der Waals surface area contributed by atoms with Crippen LogP contribution < -0.4 is 10.2 Å². The van der Waals surface area contributed by atoms with Crippen molar-refractivity contribution < 1.29 is 9.59 Å². The Morgan fingerprint density at radius 1 is 1.09 bits per heavy atom. The van der Waals surface area contributed by atoms with Gasteiger partial charge in [-0.05, 0) is 56.8 Å². The number of benzene rings is 1. The Labute approximate surface area is 202 Å². The molecule has 1 aromatic heterocycles. The number of hydrogen-bond acceptors (Lipinski definition) is 5. The van der Waals surface area contributed by atoms with Crippen molar-refractivity contribution >= 4 is 28.4 Å². The van der Waals surface area contributed by atoms with E-state index < -0.39 is 0 Å². The number of imide groups is 1. The van der Waals surface area contributed by atoms with Gasteiger partial charge in [-0.1, -0.05) is 32.1 Å². The van der Waals surface area contributed by atoms with Crippen LogP contribution in [0.2, 0.25) is 0 Å². The highest BCUT2D eigenvalue weighted by atomic mass is 16.2. The Hall–Kier alpha value is -2.41. The number of carbonyl (C=O) groups is 2. The highest BCUT2D eigenvalue weighted by Gasteiger charge is 2.32. The molecule has 0 spiro atoms. The lowest BCUT2D eigenvalue weighted by molar-refractivity contribution is -0.134. The normalized spacial score (nSPS) is 25.2. The standard InChI is InChI=1S/C27H39N5O2/c1-19-18-31(14-6-9-20-7-4-3-5-8-20)15-16-32(19)21-10-11-22-24(17-21)30(2)29-26(22)23-12-13-25(33)28-27(23)34/h10-11,17,19-20,23H,3-9,12-16,18H2,1-2H3,(H,28,33,34)/t19-,23?/m0/s1. The Balaban J connectivity index is 1.23. The molecule has 184 valence electrons. The molecule has 34 heavy (non-hydrogen) atoms. The number of nitrogens with zero attached hydrogens (tertiary/aromatic N) is 4. The van der Waals surface area contributed by atoms with Crippen LogP contribution in [0.3, 0.4) is 0 Å². The highest BCUT2D eigenvalue weighted by molar-refractivity contribution is 6.02. The summed E-state index contributed by atoms with van der Waals surface area (Å²) in [4.78, 5) is 29.1. The van der Waals surface area contributed by atoms with E-state index >= 15 is 0 Å². The number of rotatable bonds is 6. The van der Waals surface area contributed by atoms with Gasteiger partial charge in [-0.25, -0.2) is 0 Å². The first kappa shape index (κ1) is 23.3. The molecule has 3 heterocycles. The molecule has 3 aliphatic rings. The quantitative estimate of drug-likeness (QED) is 0.654. The van der Waals surface area contributed by atoms with Crippen LogP contribution in [0.5, 0.6) is 0 Å². The average Bonchev–Trinajstić information content (AvgIpc) is 3.15. The maximum absolute atomic E-state index is 12.4. The van der Waals surface area contributed by atoms with E-state index in [0.717, 1.165) is 42.1 Å². The minimum atomic E-state index is -0.358. The van der Waals surface area contributed by atoms with Gasteiger partial charge in [0.05, 0.1) is 17.1 Å². The van der Waals surface area contributed by atoms with Crippen LogP contribution in [0.4, 0.5) is 5.69 Å². The van der Waals surface area contributed by atoms with Crippen molar-refractivity contribution in [3.05, 3.63) is 23.9 Å². The van der Waals surface area contributed by atoms with Crippen molar-refractivity contribution in [2.24, 2.45) is 13.0 Å². The zero-order chi connectivity index (χ0) is 23.7. The summed E-state index contributed by atoms with van der Waals surface area (Å²) in [6, 6.07) is 6.96. The average molecular weight is 466 g/mol. The third-order valence-electron chi connectivity index (χ3n) is 8.29. The van der Waals surface area contributed by atoms with Crippen molar-refractivity contribution in [3.8, 4) is 0 Å². The Bertz CT molecular complexity index is 1040. The maximum Gasteiger partial charge on any atom is 0.235 e. The van der Waals surface area contributed by atoms with Gasteiger partial charge in [-0.2, -0.15) is 5.10 Å². The topological polar surface area (TPSA) is 70.5 Å². The number of anilines is 1. The summed E-state index contributed by atoms with van der Waals surface area (Å²) in [6.07, 6.45) is 10.9. The molecular weight excluding hydrogens is 426 g/mol. The van der Waals surface area contributed by atoms with E-state index in [1.54, 1.807) is 0 Å². The molecule has 5 rings (SSSR count). The number of amides is 2. The molecule has 2 aromatic rings. The molecule has 1 aromatic carbocycles. The van der Waals surface area contributed by atoms with E-state index in [9.17, 15) is 9.59 Å². The zero-order valence-electron chi connectivity index (χ0n) is 20.8. The Kier molecular flexibility index (Phi) is 6.91. The second-order valence-corrected chi connectivity index (χ2v) is 10.7. The van der Waals surface area contributed by atoms with Gasteiger partial charge in [0.15, 0.2) is 0 Å². The summed E-state index contributed by atoms with van der Waals surface area (Å²) in [5.41, 5.74) is 3.05. The van der Waals surface area contributed by atoms with E-state index in [-0.39, 0.29) is 17.7 Å². The molecule has 7 nitrogen and oxygen atoms in total. The largest absolute Gasteiger partial charge is 0.366 e. The number of piperidine rings is 1. The first-order valence-electron chi connectivity index (χ1n) is 13.3. The summed E-state index contributed by atoms with van der Waals surface area (Å²) in [7, 11) is 1.94. The first-order chi connectivity index (χ1) is 16.5. The van der Waals surface area contributed by atoms with Gasteiger partial charge < -0.3 is 4.90 Å². The SMILES string of the molecule is C[C@H]1CN(CCCC2CCCCC2)CCN1c1ccc2c(C3CCC(=O)NC3=O)nn(C)c2c1. The molecule has 1 saturated carbocycles. The van der Waals surface area contributed by atoms with Gasteiger partial charge in [0.25, 0.3) is 0 Å². The first-order valence-corrected chi connectivity index (χ1v) is 13.3. The monoisotopic (exact) mass is 465 g/mol. The number of fused-ring (bicyclic) bond motifs is 1. The minimum Gasteiger partial charge on any atom is -0.366 e. The van der Waals surface area contributed by atoms with Crippen molar-refractivity contribution in [1.29, 1.82) is 0 Å². The summed E-state index contributed by atoms with van der Waals surface area (Å²) in [6.45, 7) is 6.81. The lowest BCUT2D eigenvalue weighted by atomic mass is 9.86. The number of hydrogen-bond donors (Lipinski definition) is 1. The summed E-state index contributed by atoms with van der Waals surface area (Å²) in [5, 5.41) is 8.17. The number of aryl methyl sites for hydroxylation is 1. The molecule has 2 amide bonds. The van der Waals surface area contributed by atoms with Crippen molar-refractivity contribution in [2.45, 2.75) is 76.7 Å². The number of carbonyl (C=O) groups excluding carboxylic acids is 2. The molecule has 0 radical (unpaired) electrons. The van der Waals surface area contributed by atoms with Crippen molar-refractivity contribution in [2.75, 3.05) is 31.1 Å². The minimum absolute atomic E-state index is 0.189. The summed E-state index contributed by atoms with van der Waals surface area (Å²) in [5.74, 6) is 0.200. The van der Waals surface area contributed by atoms with Gasteiger partial charge in [0, 0.05) is 50.2 Å². The molecular formula is C27H39N5O2. The van der Waals surface area contributed by atoms with E-state index in [4.69, 9.17) is 5.10 Å². The molecule has 3 fully saturated rings. The Morgan fingerprint density at radius 3 is 2.68 bits per heavy atom. The van der Waals surface area contributed by atoms with Crippen LogP contribution in [0.1, 0.15) is 76.3 Å². The second kappa shape index (κ2) is 10.1. The summed E-state index contributed by atoms with van der Waals surface area (Å²) < 4.78 is 1.88. The highest BCUT2D eigenvalue weighted by Crippen LogP contribution is 2.33. The molecule has 2 saturated heterocycles. The van der Waals surface area contributed by atoms with Crippen LogP contribution in [-0.2, 0) is 16.6 Å². The van der Waals surface area contributed by atoms with Gasteiger partial charge in [-0.3, -0.25) is 24.5 Å². The van der Waals surface area contributed by atoms with Crippen LogP contribution in [0.25, 0.3) is 10.9 Å². The maximum atomic E-state index is 12.4. The fourth-order valence-electron chi connectivity index (χ4n) is 6.36. The van der Waals surface area contributed by atoms with Gasteiger partial charge in [0.1, 0.15) is 0 Å². The van der Waals surface area contributed by atoms with Crippen LogP contribution in [0.15, 0.2) is 18.2 Å². The van der Waals surface area contributed by atoms with Gasteiger partial charge in [-0.15, -0.1) is 0 Å². The third-order valence-corrected chi connectivity index (χ3v) is 8.29. The van der Waals surface area contributed by atoms with Crippen molar-refractivity contribution in [1.82, 2.24) is 20.0 Å². The predicted octanol–water partition coefficient (Wildman–Crippen LogP) is 3.96. The zero-order valence-corrected chi connectivity index (χ0v) is 20.8. The fraction of sp³-hybridized carbons (Fsp3) is 0.667. The smallest absolute Gasteiger partial charge is 0.235 e. The van der Waals surface area contributed by atoms with Crippen LogP contribution in [-0.4, -0.2) is 58.7 Å².